The molecule has 0 saturated carbocycles. The molecule has 1 saturated heterocycles. The van der Waals surface area contributed by atoms with E-state index in [1.807, 2.05) is 36.6 Å². The Balaban J connectivity index is 1.45. The van der Waals surface area contributed by atoms with E-state index >= 15 is 0 Å². The molecule has 2 heterocycles. The number of carbonyl (C=O) groups is 1. The third-order valence-electron chi connectivity index (χ3n) is 4.63. The molecule has 0 spiro atoms. The molecule has 0 radical (unpaired) electrons. The molecule has 1 aromatic heterocycles. The molecule has 3 N–H and O–H groups in total. The first kappa shape index (κ1) is 16.9. The van der Waals surface area contributed by atoms with Crippen LogP contribution in [-0.2, 0) is 4.79 Å². The number of amides is 1. The summed E-state index contributed by atoms with van der Waals surface area (Å²) in [5, 5.41) is 8.63. The number of nitrogens with one attached hydrogen (secondary N) is 3. The van der Waals surface area contributed by atoms with Crippen molar-refractivity contribution in [1.82, 2.24) is 16.3 Å². The van der Waals surface area contributed by atoms with Crippen LogP contribution >= 0.6 is 11.3 Å². The summed E-state index contributed by atoms with van der Waals surface area (Å²) in [6.07, 6.45) is 0.674. The Morgan fingerprint density at radius 1 is 1.12 bits per heavy atom. The quantitative estimate of drug-likeness (QED) is 0.491. The van der Waals surface area contributed by atoms with E-state index in [0.29, 0.717) is 6.42 Å². The van der Waals surface area contributed by atoms with Crippen molar-refractivity contribution in [3.63, 3.8) is 0 Å². The second-order valence-electron chi connectivity index (χ2n) is 6.35. The zero-order valence-electron chi connectivity index (χ0n) is 14.4. The Bertz CT molecular complexity index is 946. The fraction of sp³-hybridized carbons (Fsp3) is 0.200. The molecular weight excluding hydrogens is 344 g/mol. The number of hydrazone groups is 1. The van der Waals surface area contributed by atoms with Gasteiger partial charge in [0, 0.05) is 10.9 Å². The van der Waals surface area contributed by atoms with E-state index < -0.39 is 0 Å². The van der Waals surface area contributed by atoms with Crippen LogP contribution in [0.1, 0.15) is 29.8 Å². The first-order chi connectivity index (χ1) is 12.7. The van der Waals surface area contributed by atoms with Gasteiger partial charge in [0.25, 0.3) is 5.91 Å². The standard InChI is InChI=1S/C20H20N4OS/c1-13(19-10-5-11-26-19)21-24-20(25)18-12-17(22-23-18)16-9-4-7-14-6-2-3-8-15(14)16/h2-11,17-18,22-23H,12H2,1H3,(H,24,25)/b21-13+. The lowest BCUT2D eigenvalue weighted by Gasteiger charge is -2.13. The Hall–Kier alpha value is -2.54. The van der Waals surface area contributed by atoms with Crippen LogP contribution in [0.4, 0.5) is 0 Å². The molecular formula is C20H20N4OS. The Kier molecular flexibility index (Phi) is 4.79. The number of carbonyl (C=O) groups excluding carboxylic acids is 1. The summed E-state index contributed by atoms with van der Waals surface area (Å²) < 4.78 is 0. The van der Waals surface area contributed by atoms with Gasteiger partial charge in [0.2, 0.25) is 0 Å². The number of thiophene rings is 1. The Labute approximate surface area is 156 Å². The molecule has 0 bridgehead atoms. The van der Waals surface area contributed by atoms with Crippen molar-refractivity contribution in [3.8, 4) is 0 Å². The molecule has 1 aliphatic rings. The van der Waals surface area contributed by atoms with Gasteiger partial charge in [0.1, 0.15) is 6.04 Å². The van der Waals surface area contributed by atoms with Crippen molar-refractivity contribution < 1.29 is 4.79 Å². The summed E-state index contributed by atoms with van der Waals surface area (Å²) in [5.41, 5.74) is 11.0. The molecule has 1 aliphatic heterocycles. The largest absolute Gasteiger partial charge is 0.271 e. The second-order valence-corrected chi connectivity index (χ2v) is 7.30. The van der Waals surface area contributed by atoms with E-state index in [4.69, 9.17) is 0 Å². The molecule has 2 unspecified atom stereocenters. The fourth-order valence-electron chi connectivity index (χ4n) is 3.24. The molecule has 2 atom stereocenters. The van der Waals surface area contributed by atoms with Crippen molar-refractivity contribution in [1.29, 1.82) is 0 Å². The van der Waals surface area contributed by atoms with Crippen LogP contribution in [0.15, 0.2) is 65.1 Å². The van der Waals surface area contributed by atoms with Crippen LogP contribution in [-0.4, -0.2) is 17.7 Å². The van der Waals surface area contributed by atoms with Gasteiger partial charge in [-0.25, -0.2) is 16.3 Å². The summed E-state index contributed by atoms with van der Waals surface area (Å²) in [6.45, 7) is 1.89. The summed E-state index contributed by atoms with van der Waals surface area (Å²) >= 11 is 1.60. The summed E-state index contributed by atoms with van der Waals surface area (Å²) in [5.74, 6) is -0.129. The van der Waals surface area contributed by atoms with Gasteiger partial charge in [-0.3, -0.25) is 4.79 Å². The van der Waals surface area contributed by atoms with Crippen molar-refractivity contribution in [3.05, 3.63) is 70.4 Å². The number of rotatable bonds is 4. The predicted molar refractivity (Wildman–Crippen MR) is 106 cm³/mol. The highest BCUT2D eigenvalue weighted by Crippen LogP contribution is 2.29. The first-order valence-electron chi connectivity index (χ1n) is 8.59. The average molecular weight is 364 g/mol. The SMILES string of the molecule is C/C(=N\NC(=O)C1CC(c2cccc3ccccc23)NN1)c1cccs1. The predicted octanol–water partition coefficient (Wildman–Crippen LogP) is 3.35. The van der Waals surface area contributed by atoms with E-state index in [0.717, 1.165) is 10.6 Å². The van der Waals surface area contributed by atoms with Gasteiger partial charge in [-0.1, -0.05) is 48.5 Å². The monoisotopic (exact) mass is 364 g/mol. The zero-order chi connectivity index (χ0) is 17.9. The lowest BCUT2D eigenvalue weighted by atomic mass is 9.96. The molecule has 1 fully saturated rings. The van der Waals surface area contributed by atoms with Crippen molar-refractivity contribution in [2.45, 2.75) is 25.4 Å². The van der Waals surface area contributed by atoms with E-state index in [1.54, 1.807) is 11.3 Å². The molecule has 4 rings (SSSR count). The van der Waals surface area contributed by atoms with Crippen LogP contribution in [0.25, 0.3) is 10.8 Å². The van der Waals surface area contributed by atoms with Crippen LogP contribution in [0.3, 0.4) is 0 Å². The highest BCUT2D eigenvalue weighted by Gasteiger charge is 2.30. The van der Waals surface area contributed by atoms with Gasteiger partial charge in [-0.15, -0.1) is 11.3 Å². The second kappa shape index (κ2) is 7.37. The molecule has 132 valence electrons. The van der Waals surface area contributed by atoms with Gasteiger partial charge < -0.3 is 0 Å². The van der Waals surface area contributed by atoms with Crippen LogP contribution in [0, 0.1) is 0 Å². The normalized spacial score (nSPS) is 20.4. The minimum atomic E-state index is -0.321. The fourth-order valence-corrected chi connectivity index (χ4v) is 3.92. The van der Waals surface area contributed by atoms with Gasteiger partial charge in [0.15, 0.2) is 0 Å². The molecule has 0 aliphatic carbocycles. The Morgan fingerprint density at radius 3 is 2.81 bits per heavy atom. The molecule has 5 nitrogen and oxygen atoms in total. The van der Waals surface area contributed by atoms with Crippen LogP contribution in [0.5, 0.6) is 0 Å². The lowest BCUT2D eigenvalue weighted by molar-refractivity contribution is -0.122. The minimum Gasteiger partial charge on any atom is -0.271 e. The smallest absolute Gasteiger partial charge is 0.258 e. The maximum atomic E-state index is 12.4. The van der Waals surface area contributed by atoms with E-state index in [9.17, 15) is 4.79 Å². The lowest BCUT2D eigenvalue weighted by Crippen LogP contribution is -2.41. The number of hydrogen-bond acceptors (Lipinski definition) is 5. The minimum absolute atomic E-state index is 0.0826. The highest BCUT2D eigenvalue weighted by molar-refractivity contribution is 7.12. The zero-order valence-corrected chi connectivity index (χ0v) is 15.2. The topological polar surface area (TPSA) is 65.5 Å². The summed E-state index contributed by atoms with van der Waals surface area (Å²) in [6, 6.07) is 18.3. The van der Waals surface area contributed by atoms with Gasteiger partial charge in [0.05, 0.1) is 5.71 Å². The molecule has 3 aromatic rings. The number of fused-ring (bicyclic) bond motifs is 1. The average Bonchev–Trinajstić information content (AvgIpc) is 3.37. The van der Waals surface area contributed by atoms with E-state index in [2.05, 4.69) is 51.7 Å². The maximum absolute atomic E-state index is 12.4. The number of benzene rings is 2. The van der Waals surface area contributed by atoms with Gasteiger partial charge in [-0.2, -0.15) is 5.10 Å². The van der Waals surface area contributed by atoms with Crippen molar-refractivity contribution >= 4 is 33.7 Å². The van der Waals surface area contributed by atoms with Gasteiger partial charge in [-0.05, 0) is 41.1 Å². The third kappa shape index (κ3) is 3.39. The van der Waals surface area contributed by atoms with E-state index in [1.165, 1.54) is 16.3 Å². The molecule has 26 heavy (non-hydrogen) atoms. The molecule has 6 heteroatoms. The van der Waals surface area contributed by atoms with Crippen LogP contribution in [0.2, 0.25) is 0 Å². The molecule has 2 aromatic carbocycles. The third-order valence-corrected chi connectivity index (χ3v) is 5.61. The van der Waals surface area contributed by atoms with Crippen molar-refractivity contribution in [2.24, 2.45) is 5.10 Å². The maximum Gasteiger partial charge on any atom is 0.258 e. The van der Waals surface area contributed by atoms with Crippen LogP contribution < -0.4 is 16.3 Å². The number of hydrogen-bond donors (Lipinski definition) is 3. The first-order valence-corrected chi connectivity index (χ1v) is 9.47. The number of nitrogens with zero attached hydrogens (tertiary/aromatic N) is 1. The van der Waals surface area contributed by atoms with Gasteiger partial charge >= 0.3 is 0 Å². The summed E-state index contributed by atoms with van der Waals surface area (Å²) in [4.78, 5) is 13.5. The molecule has 1 amide bonds. The van der Waals surface area contributed by atoms with E-state index in [-0.39, 0.29) is 18.0 Å². The van der Waals surface area contributed by atoms with Crippen molar-refractivity contribution in [2.75, 3.05) is 0 Å². The highest BCUT2D eigenvalue weighted by atomic mass is 32.1. The Morgan fingerprint density at radius 2 is 1.96 bits per heavy atom. The summed E-state index contributed by atoms with van der Waals surface area (Å²) in [7, 11) is 0. The number of hydrazine groups is 1.